The maximum absolute atomic E-state index is 13.5. The Morgan fingerprint density at radius 1 is 1.40 bits per heavy atom. The SMILES string of the molecule is N#Cc1ccc(NC(=O)Cc2c(F)cccc2Cl)nc1. The minimum absolute atomic E-state index is 0.139. The number of aromatic nitrogens is 1. The molecule has 4 nitrogen and oxygen atoms in total. The molecule has 1 aromatic heterocycles. The van der Waals surface area contributed by atoms with Gasteiger partial charge < -0.3 is 5.32 Å². The van der Waals surface area contributed by atoms with Gasteiger partial charge in [-0.3, -0.25) is 4.79 Å². The molecule has 6 heteroatoms. The van der Waals surface area contributed by atoms with E-state index in [-0.39, 0.29) is 17.0 Å². The van der Waals surface area contributed by atoms with Crippen LogP contribution in [0.5, 0.6) is 0 Å². The van der Waals surface area contributed by atoms with Crippen molar-refractivity contribution in [1.82, 2.24) is 4.98 Å². The lowest BCUT2D eigenvalue weighted by molar-refractivity contribution is -0.115. The molecule has 0 radical (unpaired) electrons. The van der Waals surface area contributed by atoms with Gasteiger partial charge in [0.25, 0.3) is 0 Å². The first-order chi connectivity index (χ1) is 9.60. The lowest BCUT2D eigenvalue weighted by Crippen LogP contribution is -2.16. The highest BCUT2D eigenvalue weighted by Crippen LogP contribution is 2.19. The van der Waals surface area contributed by atoms with Crippen molar-refractivity contribution in [2.45, 2.75) is 6.42 Å². The standard InChI is InChI=1S/C14H9ClFN3O/c15-11-2-1-3-12(16)10(11)6-14(20)19-13-5-4-9(7-17)8-18-13/h1-5,8H,6H2,(H,18,19,20). The van der Waals surface area contributed by atoms with Crippen molar-refractivity contribution in [2.24, 2.45) is 0 Å². The molecular formula is C14H9ClFN3O. The van der Waals surface area contributed by atoms with Crippen molar-refractivity contribution in [3.05, 3.63) is 58.5 Å². The van der Waals surface area contributed by atoms with Crippen LogP contribution in [0.3, 0.4) is 0 Å². The molecule has 1 aromatic carbocycles. The number of rotatable bonds is 3. The van der Waals surface area contributed by atoms with Gasteiger partial charge in [-0.15, -0.1) is 0 Å². The van der Waals surface area contributed by atoms with E-state index in [1.165, 1.54) is 36.5 Å². The van der Waals surface area contributed by atoms with E-state index in [1.807, 2.05) is 6.07 Å². The Hall–Kier alpha value is -2.45. The summed E-state index contributed by atoms with van der Waals surface area (Å²) in [6, 6.07) is 9.18. The van der Waals surface area contributed by atoms with Crippen LogP contribution in [0.4, 0.5) is 10.2 Å². The van der Waals surface area contributed by atoms with E-state index in [1.54, 1.807) is 0 Å². The highest BCUT2D eigenvalue weighted by atomic mass is 35.5. The molecule has 2 rings (SSSR count). The van der Waals surface area contributed by atoms with Gasteiger partial charge in [-0.2, -0.15) is 5.26 Å². The summed E-state index contributed by atoms with van der Waals surface area (Å²) < 4.78 is 13.5. The van der Waals surface area contributed by atoms with Crippen LogP contribution in [0.15, 0.2) is 36.5 Å². The number of nitrogens with one attached hydrogen (secondary N) is 1. The van der Waals surface area contributed by atoms with Crippen molar-refractivity contribution in [2.75, 3.05) is 5.32 Å². The van der Waals surface area contributed by atoms with Gasteiger partial charge in [-0.05, 0) is 24.3 Å². The van der Waals surface area contributed by atoms with E-state index in [2.05, 4.69) is 10.3 Å². The molecule has 0 saturated heterocycles. The third-order valence-electron chi connectivity index (χ3n) is 2.56. The van der Waals surface area contributed by atoms with Crippen molar-refractivity contribution in [3.63, 3.8) is 0 Å². The average Bonchev–Trinajstić information content (AvgIpc) is 2.44. The van der Waals surface area contributed by atoms with E-state index in [4.69, 9.17) is 16.9 Å². The van der Waals surface area contributed by atoms with Gasteiger partial charge in [0, 0.05) is 16.8 Å². The number of pyridine rings is 1. The van der Waals surface area contributed by atoms with Crippen LogP contribution < -0.4 is 5.32 Å². The average molecular weight is 290 g/mol. The lowest BCUT2D eigenvalue weighted by atomic mass is 10.1. The van der Waals surface area contributed by atoms with Crippen LogP contribution in [-0.2, 0) is 11.2 Å². The fraction of sp³-hybridized carbons (Fsp3) is 0.0714. The monoisotopic (exact) mass is 289 g/mol. The predicted octanol–water partition coefficient (Wildman–Crippen LogP) is 2.93. The van der Waals surface area contributed by atoms with E-state index >= 15 is 0 Å². The Bertz CT molecular complexity index is 660. The maximum atomic E-state index is 13.5. The van der Waals surface area contributed by atoms with Crippen LogP contribution in [0, 0.1) is 17.1 Å². The highest BCUT2D eigenvalue weighted by Gasteiger charge is 2.12. The Labute approximate surface area is 119 Å². The minimum atomic E-state index is -0.527. The zero-order valence-corrected chi connectivity index (χ0v) is 11.0. The Balaban J connectivity index is 2.07. The third kappa shape index (κ3) is 3.31. The fourth-order valence-corrected chi connectivity index (χ4v) is 1.81. The summed E-state index contributed by atoms with van der Waals surface area (Å²) in [7, 11) is 0. The van der Waals surface area contributed by atoms with Crippen molar-refractivity contribution < 1.29 is 9.18 Å². The van der Waals surface area contributed by atoms with Gasteiger partial charge >= 0.3 is 0 Å². The number of amides is 1. The molecule has 2 aromatic rings. The summed E-state index contributed by atoms with van der Waals surface area (Å²) in [6.45, 7) is 0. The van der Waals surface area contributed by atoms with E-state index in [0.717, 1.165) is 0 Å². The first-order valence-corrected chi connectivity index (χ1v) is 6.07. The zero-order chi connectivity index (χ0) is 14.5. The Morgan fingerprint density at radius 2 is 2.20 bits per heavy atom. The van der Waals surface area contributed by atoms with Crippen LogP contribution in [0.25, 0.3) is 0 Å². The molecule has 0 atom stereocenters. The Morgan fingerprint density at radius 3 is 2.80 bits per heavy atom. The summed E-state index contributed by atoms with van der Waals surface area (Å²) >= 11 is 5.84. The molecule has 0 spiro atoms. The molecule has 1 heterocycles. The van der Waals surface area contributed by atoms with Gasteiger partial charge in [0.15, 0.2) is 0 Å². The zero-order valence-electron chi connectivity index (χ0n) is 10.2. The number of hydrogen-bond donors (Lipinski definition) is 1. The van der Waals surface area contributed by atoms with Crippen molar-refractivity contribution in [1.29, 1.82) is 5.26 Å². The number of nitriles is 1. The number of carbonyl (C=O) groups is 1. The molecule has 0 aliphatic rings. The first-order valence-electron chi connectivity index (χ1n) is 5.69. The number of halogens is 2. The molecule has 20 heavy (non-hydrogen) atoms. The molecule has 0 bridgehead atoms. The normalized spacial score (nSPS) is 9.85. The van der Waals surface area contributed by atoms with E-state index < -0.39 is 11.7 Å². The fourth-order valence-electron chi connectivity index (χ4n) is 1.58. The molecule has 0 fully saturated rings. The van der Waals surface area contributed by atoms with Crippen LogP contribution in [0.1, 0.15) is 11.1 Å². The molecular weight excluding hydrogens is 281 g/mol. The molecule has 0 saturated carbocycles. The summed E-state index contributed by atoms with van der Waals surface area (Å²) in [5.41, 5.74) is 0.528. The predicted molar refractivity (Wildman–Crippen MR) is 72.7 cm³/mol. The van der Waals surface area contributed by atoms with Gasteiger partial charge in [0.05, 0.1) is 12.0 Å². The van der Waals surface area contributed by atoms with Crippen molar-refractivity contribution >= 4 is 23.3 Å². The van der Waals surface area contributed by atoms with Crippen LogP contribution >= 0.6 is 11.6 Å². The second-order valence-corrected chi connectivity index (χ2v) is 4.38. The highest BCUT2D eigenvalue weighted by molar-refractivity contribution is 6.31. The second kappa shape index (κ2) is 6.13. The van der Waals surface area contributed by atoms with Gasteiger partial charge in [0.2, 0.25) is 5.91 Å². The first kappa shape index (κ1) is 14.0. The van der Waals surface area contributed by atoms with Gasteiger partial charge in [-0.1, -0.05) is 17.7 Å². The van der Waals surface area contributed by atoms with Crippen molar-refractivity contribution in [3.8, 4) is 6.07 Å². The summed E-state index contributed by atoms with van der Waals surface area (Å²) in [5, 5.41) is 11.3. The molecule has 0 aliphatic carbocycles. The summed E-state index contributed by atoms with van der Waals surface area (Å²) in [5.74, 6) is -0.670. The van der Waals surface area contributed by atoms with E-state index in [9.17, 15) is 9.18 Å². The number of carbonyl (C=O) groups excluding carboxylic acids is 1. The topological polar surface area (TPSA) is 65.8 Å². The van der Waals surface area contributed by atoms with Crippen LogP contribution in [0.2, 0.25) is 5.02 Å². The van der Waals surface area contributed by atoms with E-state index in [0.29, 0.717) is 11.4 Å². The smallest absolute Gasteiger partial charge is 0.230 e. The van der Waals surface area contributed by atoms with Gasteiger partial charge in [-0.25, -0.2) is 9.37 Å². The quantitative estimate of drug-likeness (QED) is 0.945. The second-order valence-electron chi connectivity index (χ2n) is 3.97. The lowest BCUT2D eigenvalue weighted by Gasteiger charge is -2.07. The largest absolute Gasteiger partial charge is 0.310 e. The molecule has 1 amide bonds. The van der Waals surface area contributed by atoms with Crippen LogP contribution in [-0.4, -0.2) is 10.9 Å². The Kier molecular flexibility index (Phi) is 4.28. The molecule has 100 valence electrons. The number of hydrogen-bond acceptors (Lipinski definition) is 3. The minimum Gasteiger partial charge on any atom is -0.310 e. The number of anilines is 1. The number of benzene rings is 1. The van der Waals surface area contributed by atoms with Gasteiger partial charge in [0.1, 0.15) is 17.7 Å². The maximum Gasteiger partial charge on any atom is 0.230 e. The molecule has 1 N–H and O–H groups in total. The number of nitrogens with zero attached hydrogens (tertiary/aromatic N) is 2. The third-order valence-corrected chi connectivity index (χ3v) is 2.91. The molecule has 0 unspecified atom stereocenters. The molecule has 0 aliphatic heterocycles. The summed E-state index contributed by atoms with van der Waals surface area (Å²) in [4.78, 5) is 15.7. The summed E-state index contributed by atoms with van der Waals surface area (Å²) in [6.07, 6.45) is 1.15.